The monoisotopic (exact) mass is 344 g/mol. The number of rotatable bonds is 1. The average molecular weight is 346 g/mol. The second-order valence-corrected chi connectivity index (χ2v) is 3.47. The van der Waals surface area contributed by atoms with Crippen LogP contribution in [0.1, 0.15) is 11.1 Å². The Morgan fingerprint density at radius 3 is 2.19 bits per heavy atom. The molecule has 4 heteroatoms. The zero-order chi connectivity index (χ0) is 9.97. The van der Waals surface area contributed by atoms with Crippen LogP contribution in [0.5, 0.6) is 0 Å². The van der Waals surface area contributed by atoms with Crippen LogP contribution in [0.25, 0.3) is 5.82 Å². The molecule has 0 saturated heterocycles. The standard InChI is InChI=1S/C12H13N2.2BrH/c1-10-4-7-14(8-5-10)12-9-11(2)3-6-13-12;;/h3-9H,1-2H3;2*1H/q+1;;/p-1. The lowest BCUT2D eigenvalue weighted by atomic mass is 10.3. The number of halogens is 2. The highest BCUT2D eigenvalue weighted by Gasteiger charge is 2.05. The van der Waals surface area contributed by atoms with Crippen LogP contribution in [0, 0.1) is 13.8 Å². The number of pyridine rings is 2. The van der Waals surface area contributed by atoms with Crippen molar-refractivity contribution < 1.29 is 21.5 Å². The maximum Gasteiger partial charge on any atom is 0.327 e. The van der Waals surface area contributed by atoms with Crippen molar-refractivity contribution in [3.63, 3.8) is 0 Å². The van der Waals surface area contributed by atoms with Crippen molar-refractivity contribution in [2.45, 2.75) is 13.8 Å². The van der Waals surface area contributed by atoms with Crippen molar-refractivity contribution in [2.75, 3.05) is 0 Å². The van der Waals surface area contributed by atoms with Crippen molar-refractivity contribution in [3.05, 3.63) is 54.0 Å². The Morgan fingerprint density at radius 1 is 1.00 bits per heavy atom. The first kappa shape index (κ1) is 15.3. The Hall–Kier alpha value is -0.740. The van der Waals surface area contributed by atoms with E-state index in [0.717, 1.165) is 5.82 Å². The van der Waals surface area contributed by atoms with Crippen LogP contribution in [0.2, 0.25) is 0 Å². The molecule has 0 N–H and O–H groups in total. The summed E-state index contributed by atoms with van der Waals surface area (Å²) in [4.78, 5) is 4.30. The molecular weight excluding hydrogens is 332 g/mol. The summed E-state index contributed by atoms with van der Waals surface area (Å²) in [7, 11) is 0. The van der Waals surface area contributed by atoms with Crippen LogP contribution in [0.15, 0.2) is 42.9 Å². The summed E-state index contributed by atoms with van der Waals surface area (Å²) in [5.41, 5.74) is 2.48. The second kappa shape index (κ2) is 6.76. The SMILES string of the molecule is Br.Cc1cc[n+](-c2cc(C)ccn2)cc1.[Br-]. The third-order valence-electron chi connectivity index (χ3n) is 2.16. The summed E-state index contributed by atoms with van der Waals surface area (Å²) in [6, 6.07) is 8.21. The van der Waals surface area contributed by atoms with Crippen molar-refractivity contribution in [2.24, 2.45) is 0 Å². The molecule has 0 bridgehead atoms. The molecule has 0 fully saturated rings. The van der Waals surface area contributed by atoms with Crippen LogP contribution in [-0.4, -0.2) is 4.98 Å². The van der Waals surface area contributed by atoms with E-state index in [9.17, 15) is 0 Å². The van der Waals surface area contributed by atoms with E-state index in [-0.39, 0.29) is 34.0 Å². The predicted molar refractivity (Wildman–Crippen MR) is 65.6 cm³/mol. The predicted octanol–water partition coefficient (Wildman–Crippen LogP) is -0.443. The third kappa shape index (κ3) is 3.68. The van der Waals surface area contributed by atoms with E-state index in [1.54, 1.807) is 0 Å². The minimum atomic E-state index is 0. The molecule has 0 aliphatic carbocycles. The smallest absolute Gasteiger partial charge is 0.327 e. The fourth-order valence-corrected chi connectivity index (χ4v) is 1.32. The van der Waals surface area contributed by atoms with Gasteiger partial charge in [-0.15, -0.1) is 17.0 Å². The molecule has 0 aliphatic rings. The van der Waals surface area contributed by atoms with Gasteiger partial charge in [-0.25, -0.2) is 4.57 Å². The lowest BCUT2D eigenvalue weighted by Gasteiger charge is -1.96. The van der Waals surface area contributed by atoms with Gasteiger partial charge >= 0.3 is 5.82 Å². The molecule has 0 atom stereocenters. The molecule has 0 amide bonds. The van der Waals surface area contributed by atoms with Crippen molar-refractivity contribution >= 4 is 17.0 Å². The first-order chi connectivity index (χ1) is 6.75. The van der Waals surface area contributed by atoms with Crippen LogP contribution in [0.3, 0.4) is 0 Å². The van der Waals surface area contributed by atoms with Gasteiger partial charge in [0.05, 0.1) is 12.4 Å². The Morgan fingerprint density at radius 2 is 1.62 bits per heavy atom. The number of nitrogens with zero attached hydrogens (tertiary/aromatic N) is 2. The van der Waals surface area contributed by atoms with Gasteiger partial charge in [0.25, 0.3) is 0 Å². The molecule has 2 heterocycles. The summed E-state index contributed by atoms with van der Waals surface area (Å²) in [6.07, 6.45) is 5.88. The van der Waals surface area contributed by atoms with Crippen molar-refractivity contribution in [1.82, 2.24) is 4.98 Å². The number of aromatic nitrogens is 2. The lowest BCUT2D eigenvalue weighted by Crippen LogP contribution is -3.00. The van der Waals surface area contributed by atoms with Gasteiger partial charge in [0.2, 0.25) is 0 Å². The number of hydrogen-bond donors (Lipinski definition) is 0. The topological polar surface area (TPSA) is 16.8 Å². The molecule has 0 aromatic carbocycles. The van der Waals surface area contributed by atoms with Crippen molar-refractivity contribution in [3.8, 4) is 5.82 Å². The second-order valence-electron chi connectivity index (χ2n) is 3.47. The molecule has 0 unspecified atom stereocenters. The average Bonchev–Trinajstić information content (AvgIpc) is 2.19. The summed E-state index contributed by atoms with van der Waals surface area (Å²) < 4.78 is 2.01. The Bertz CT molecular complexity index is 441. The summed E-state index contributed by atoms with van der Waals surface area (Å²) in [5.74, 6) is 0.963. The van der Waals surface area contributed by atoms with E-state index in [4.69, 9.17) is 0 Å². The zero-order valence-corrected chi connectivity index (χ0v) is 12.5. The molecule has 0 spiro atoms. The molecule has 0 radical (unpaired) electrons. The molecule has 86 valence electrons. The maximum absolute atomic E-state index is 4.30. The maximum atomic E-state index is 4.30. The van der Waals surface area contributed by atoms with E-state index in [2.05, 4.69) is 37.0 Å². The first-order valence-corrected chi connectivity index (χ1v) is 4.67. The van der Waals surface area contributed by atoms with E-state index >= 15 is 0 Å². The number of aryl methyl sites for hydroxylation is 2. The minimum absolute atomic E-state index is 0. The highest BCUT2D eigenvalue weighted by atomic mass is 79.9. The van der Waals surface area contributed by atoms with E-state index < -0.39 is 0 Å². The van der Waals surface area contributed by atoms with Gasteiger partial charge in [0.15, 0.2) is 0 Å². The third-order valence-corrected chi connectivity index (χ3v) is 2.16. The van der Waals surface area contributed by atoms with Crippen LogP contribution in [-0.2, 0) is 0 Å². The van der Waals surface area contributed by atoms with Crippen LogP contribution >= 0.6 is 17.0 Å². The van der Waals surface area contributed by atoms with E-state index in [0.29, 0.717) is 0 Å². The molecule has 16 heavy (non-hydrogen) atoms. The van der Waals surface area contributed by atoms with Gasteiger partial charge in [-0.1, -0.05) is 0 Å². The normalized spacial score (nSPS) is 8.88. The summed E-state index contributed by atoms with van der Waals surface area (Å²) in [5, 5.41) is 0. The molecule has 0 aliphatic heterocycles. The summed E-state index contributed by atoms with van der Waals surface area (Å²) >= 11 is 0. The molecular formula is C12H14Br2N2. The van der Waals surface area contributed by atoms with Crippen molar-refractivity contribution in [1.29, 1.82) is 0 Å². The lowest BCUT2D eigenvalue weighted by molar-refractivity contribution is -0.599. The fourth-order valence-electron chi connectivity index (χ4n) is 1.32. The fraction of sp³-hybridized carbons (Fsp3) is 0.167. The van der Waals surface area contributed by atoms with Gasteiger partial charge in [0.1, 0.15) is 6.20 Å². The largest absolute Gasteiger partial charge is 1.00 e. The molecule has 2 nitrogen and oxygen atoms in total. The molecule has 2 aromatic heterocycles. The summed E-state index contributed by atoms with van der Waals surface area (Å²) in [6.45, 7) is 4.15. The van der Waals surface area contributed by atoms with Gasteiger partial charge < -0.3 is 17.0 Å². The van der Waals surface area contributed by atoms with Gasteiger partial charge in [-0.2, -0.15) is 0 Å². The minimum Gasteiger partial charge on any atom is -1.00 e. The molecule has 2 aromatic rings. The Labute approximate surface area is 117 Å². The quantitative estimate of drug-likeness (QED) is 0.640. The molecule has 2 rings (SSSR count). The van der Waals surface area contributed by atoms with Gasteiger partial charge in [-0.3, -0.25) is 0 Å². The van der Waals surface area contributed by atoms with E-state index in [1.165, 1.54) is 11.1 Å². The zero-order valence-electron chi connectivity index (χ0n) is 9.22. The first-order valence-electron chi connectivity index (χ1n) is 4.67. The Balaban J connectivity index is 0.00000112. The highest BCUT2D eigenvalue weighted by Crippen LogP contribution is 1.99. The highest BCUT2D eigenvalue weighted by molar-refractivity contribution is 8.93. The van der Waals surface area contributed by atoms with Crippen LogP contribution < -0.4 is 21.5 Å². The van der Waals surface area contributed by atoms with Crippen LogP contribution in [0.4, 0.5) is 0 Å². The number of hydrogen-bond acceptors (Lipinski definition) is 1. The molecule has 0 saturated carbocycles. The van der Waals surface area contributed by atoms with E-state index in [1.807, 2.05) is 29.2 Å². The van der Waals surface area contributed by atoms with Gasteiger partial charge in [0, 0.05) is 6.07 Å². The van der Waals surface area contributed by atoms with Gasteiger partial charge in [-0.05, 0) is 48.2 Å². The Kier molecular flexibility index (Phi) is 6.45.